The van der Waals surface area contributed by atoms with Crippen molar-refractivity contribution in [1.29, 1.82) is 0 Å². The highest BCUT2D eigenvalue weighted by molar-refractivity contribution is 7.12. The Kier molecular flexibility index (Phi) is 5.33. The molecule has 4 nitrogen and oxygen atoms in total. The van der Waals surface area contributed by atoms with Gasteiger partial charge >= 0.3 is 0 Å². The molecule has 2 aromatic rings. The van der Waals surface area contributed by atoms with Crippen LogP contribution in [0, 0.1) is 12.8 Å². The average Bonchev–Trinajstić information content (AvgIpc) is 2.86. The van der Waals surface area contributed by atoms with Gasteiger partial charge in [-0.05, 0) is 54.1 Å². The first-order valence-electron chi connectivity index (χ1n) is 7.21. The SMILES string of the molecule is Cc1ccsc1C(=O)Nc1ccc(NC(=O)CC(C)C)cc1. The van der Waals surface area contributed by atoms with Crippen LogP contribution in [0.15, 0.2) is 35.7 Å². The number of hydrogen-bond donors (Lipinski definition) is 2. The lowest BCUT2D eigenvalue weighted by atomic mass is 10.1. The maximum atomic E-state index is 12.1. The molecule has 0 fully saturated rings. The third kappa shape index (κ3) is 4.43. The number of amides is 2. The Balaban J connectivity index is 1.96. The molecule has 0 saturated carbocycles. The second kappa shape index (κ2) is 7.22. The van der Waals surface area contributed by atoms with E-state index in [1.807, 2.05) is 32.2 Å². The Morgan fingerprint density at radius 3 is 2.14 bits per heavy atom. The predicted molar refractivity (Wildman–Crippen MR) is 91.5 cm³/mol. The first kappa shape index (κ1) is 16.2. The summed E-state index contributed by atoms with van der Waals surface area (Å²) in [5.41, 5.74) is 2.41. The number of hydrogen-bond acceptors (Lipinski definition) is 3. The summed E-state index contributed by atoms with van der Waals surface area (Å²) in [6, 6.07) is 9.06. The minimum Gasteiger partial charge on any atom is -0.326 e. The van der Waals surface area contributed by atoms with Crippen LogP contribution in [0.1, 0.15) is 35.5 Å². The molecule has 0 spiro atoms. The van der Waals surface area contributed by atoms with E-state index < -0.39 is 0 Å². The van der Waals surface area contributed by atoms with Crippen molar-refractivity contribution in [1.82, 2.24) is 0 Å². The minimum absolute atomic E-state index is 0.000922. The van der Waals surface area contributed by atoms with E-state index in [4.69, 9.17) is 0 Å². The lowest BCUT2D eigenvalue weighted by Crippen LogP contribution is -2.14. The van der Waals surface area contributed by atoms with Crippen molar-refractivity contribution in [2.24, 2.45) is 5.92 Å². The topological polar surface area (TPSA) is 58.2 Å². The van der Waals surface area contributed by atoms with Crippen molar-refractivity contribution in [3.8, 4) is 0 Å². The van der Waals surface area contributed by atoms with Gasteiger partial charge in [0.05, 0.1) is 4.88 Å². The largest absolute Gasteiger partial charge is 0.326 e. The maximum absolute atomic E-state index is 12.1. The molecular weight excluding hydrogens is 296 g/mol. The van der Waals surface area contributed by atoms with Crippen LogP contribution in [0.5, 0.6) is 0 Å². The van der Waals surface area contributed by atoms with Crippen molar-refractivity contribution in [3.05, 3.63) is 46.2 Å². The Morgan fingerprint density at radius 1 is 1.05 bits per heavy atom. The summed E-state index contributed by atoms with van der Waals surface area (Å²) in [5.74, 6) is 0.220. The molecule has 116 valence electrons. The molecule has 22 heavy (non-hydrogen) atoms. The van der Waals surface area contributed by atoms with E-state index in [9.17, 15) is 9.59 Å². The van der Waals surface area contributed by atoms with Crippen molar-refractivity contribution >= 4 is 34.5 Å². The van der Waals surface area contributed by atoms with E-state index >= 15 is 0 Å². The summed E-state index contributed by atoms with van der Waals surface area (Å²) in [7, 11) is 0. The molecule has 0 aliphatic carbocycles. The highest BCUT2D eigenvalue weighted by Crippen LogP contribution is 2.19. The van der Waals surface area contributed by atoms with Gasteiger partial charge < -0.3 is 10.6 Å². The number of anilines is 2. The summed E-state index contributed by atoms with van der Waals surface area (Å²) in [6.07, 6.45) is 0.496. The molecule has 0 atom stereocenters. The van der Waals surface area contributed by atoms with Crippen molar-refractivity contribution in [3.63, 3.8) is 0 Å². The molecule has 2 N–H and O–H groups in total. The van der Waals surface area contributed by atoms with Crippen LogP contribution in [0.25, 0.3) is 0 Å². The summed E-state index contributed by atoms with van der Waals surface area (Å²) in [6.45, 7) is 5.92. The van der Waals surface area contributed by atoms with Crippen molar-refractivity contribution < 1.29 is 9.59 Å². The second-order valence-electron chi connectivity index (χ2n) is 5.61. The van der Waals surface area contributed by atoms with Crippen LogP contribution in [-0.4, -0.2) is 11.8 Å². The fourth-order valence-corrected chi connectivity index (χ4v) is 2.83. The number of carbonyl (C=O) groups is 2. The number of rotatable bonds is 5. The zero-order valence-electron chi connectivity index (χ0n) is 13.0. The summed E-state index contributed by atoms with van der Waals surface area (Å²) in [4.78, 5) is 24.5. The molecular formula is C17H20N2O2S. The lowest BCUT2D eigenvalue weighted by molar-refractivity contribution is -0.116. The van der Waals surface area contributed by atoms with Gasteiger partial charge in [-0.25, -0.2) is 0 Å². The Morgan fingerprint density at radius 2 is 1.64 bits per heavy atom. The van der Waals surface area contributed by atoms with Crippen LogP contribution in [0.2, 0.25) is 0 Å². The van der Waals surface area contributed by atoms with Gasteiger partial charge in [0.25, 0.3) is 5.91 Å². The van der Waals surface area contributed by atoms with Gasteiger partial charge in [-0.2, -0.15) is 0 Å². The van der Waals surface area contributed by atoms with Crippen molar-refractivity contribution in [2.75, 3.05) is 10.6 Å². The van der Waals surface area contributed by atoms with Crippen LogP contribution in [-0.2, 0) is 4.79 Å². The summed E-state index contributed by atoms with van der Waals surface area (Å²) >= 11 is 1.43. The van der Waals surface area contributed by atoms with E-state index in [-0.39, 0.29) is 11.8 Å². The van der Waals surface area contributed by atoms with Gasteiger partial charge in [-0.1, -0.05) is 13.8 Å². The van der Waals surface area contributed by atoms with Gasteiger partial charge in [0.2, 0.25) is 5.91 Å². The molecule has 1 aromatic carbocycles. The number of nitrogens with one attached hydrogen (secondary N) is 2. The lowest BCUT2D eigenvalue weighted by Gasteiger charge is -2.09. The van der Waals surface area contributed by atoms with Crippen LogP contribution >= 0.6 is 11.3 Å². The third-order valence-corrected chi connectivity index (χ3v) is 4.10. The zero-order chi connectivity index (χ0) is 16.1. The first-order chi connectivity index (χ1) is 10.5. The second-order valence-corrected chi connectivity index (χ2v) is 6.53. The quantitative estimate of drug-likeness (QED) is 0.864. The smallest absolute Gasteiger partial charge is 0.265 e. The van der Waals surface area contributed by atoms with Gasteiger partial charge in [0.15, 0.2) is 0 Å². The maximum Gasteiger partial charge on any atom is 0.265 e. The van der Waals surface area contributed by atoms with E-state index in [1.165, 1.54) is 11.3 Å². The molecule has 5 heteroatoms. The Bertz CT molecular complexity index is 660. The fourth-order valence-electron chi connectivity index (χ4n) is 2.01. The van der Waals surface area contributed by atoms with E-state index in [2.05, 4.69) is 10.6 Å². The van der Waals surface area contributed by atoms with E-state index in [0.29, 0.717) is 22.9 Å². The predicted octanol–water partition coefficient (Wildman–Crippen LogP) is 4.29. The molecule has 1 heterocycles. The van der Waals surface area contributed by atoms with Crippen LogP contribution in [0.3, 0.4) is 0 Å². The average molecular weight is 316 g/mol. The highest BCUT2D eigenvalue weighted by Gasteiger charge is 2.10. The zero-order valence-corrected chi connectivity index (χ0v) is 13.8. The monoisotopic (exact) mass is 316 g/mol. The summed E-state index contributed by atoms with van der Waals surface area (Å²) in [5, 5.41) is 7.60. The molecule has 2 amide bonds. The molecule has 0 saturated heterocycles. The number of benzene rings is 1. The Hall–Kier alpha value is -2.14. The number of carbonyl (C=O) groups excluding carboxylic acids is 2. The molecule has 0 aliphatic rings. The normalized spacial score (nSPS) is 10.5. The Labute approximate surface area is 134 Å². The number of aryl methyl sites for hydroxylation is 1. The minimum atomic E-state index is -0.107. The molecule has 0 radical (unpaired) electrons. The fraction of sp³-hybridized carbons (Fsp3) is 0.294. The first-order valence-corrected chi connectivity index (χ1v) is 8.09. The standard InChI is InChI=1S/C17H20N2O2S/c1-11(2)10-15(20)18-13-4-6-14(7-5-13)19-17(21)16-12(3)8-9-22-16/h4-9,11H,10H2,1-3H3,(H,18,20)(H,19,21). The van der Waals surface area contributed by atoms with E-state index in [1.54, 1.807) is 24.3 Å². The molecule has 0 bridgehead atoms. The third-order valence-electron chi connectivity index (χ3n) is 3.09. The van der Waals surface area contributed by atoms with Gasteiger partial charge in [0.1, 0.15) is 0 Å². The van der Waals surface area contributed by atoms with Crippen LogP contribution in [0.4, 0.5) is 11.4 Å². The van der Waals surface area contributed by atoms with Gasteiger partial charge in [-0.15, -0.1) is 11.3 Å². The number of thiophene rings is 1. The van der Waals surface area contributed by atoms with Crippen LogP contribution < -0.4 is 10.6 Å². The molecule has 0 aliphatic heterocycles. The molecule has 2 rings (SSSR count). The highest BCUT2D eigenvalue weighted by atomic mass is 32.1. The van der Waals surface area contributed by atoms with Gasteiger partial charge in [-0.3, -0.25) is 9.59 Å². The molecule has 1 aromatic heterocycles. The summed E-state index contributed by atoms with van der Waals surface area (Å²) < 4.78 is 0. The van der Waals surface area contributed by atoms with Gasteiger partial charge in [0, 0.05) is 17.8 Å². The van der Waals surface area contributed by atoms with Crippen molar-refractivity contribution in [2.45, 2.75) is 27.2 Å². The van der Waals surface area contributed by atoms with E-state index in [0.717, 1.165) is 11.3 Å². The molecule has 0 unspecified atom stereocenters.